The van der Waals surface area contributed by atoms with Gasteiger partial charge in [0, 0.05) is 34.8 Å². The quantitative estimate of drug-likeness (QED) is 0.791. The number of amides is 1. The van der Waals surface area contributed by atoms with Crippen molar-refractivity contribution < 1.29 is 13.2 Å². The maximum absolute atomic E-state index is 12.7. The topological polar surface area (TPSA) is 54.5 Å². The summed E-state index contributed by atoms with van der Waals surface area (Å²) in [6.07, 6.45) is 5.07. The predicted molar refractivity (Wildman–Crippen MR) is 96.3 cm³/mol. The molecule has 4 nitrogen and oxygen atoms in total. The van der Waals surface area contributed by atoms with Gasteiger partial charge in [0.1, 0.15) is 9.84 Å². The highest BCUT2D eigenvalue weighted by molar-refractivity contribution is 7.91. The molecule has 0 radical (unpaired) electrons. The molecule has 3 rings (SSSR count). The van der Waals surface area contributed by atoms with Crippen LogP contribution < -0.4 is 0 Å². The molecule has 0 saturated carbocycles. The van der Waals surface area contributed by atoms with Crippen molar-refractivity contribution in [2.75, 3.05) is 6.26 Å². The maximum Gasteiger partial charge on any atom is 0.223 e. The first kappa shape index (κ1) is 18.0. The third-order valence-corrected chi connectivity index (χ3v) is 7.54. The first-order valence-electron chi connectivity index (χ1n) is 8.20. The van der Waals surface area contributed by atoms with Crippen molar-refractivity contribution in [2.24, 2.45) is 0 Å². The highest BCUT2D eigenvalue weighted by Crippen LogP contribution is 2.38. The Hall–Kier alpha value is -0.780. The van der Waals surface area contributed by atoms with Crippen LogP contribution in [0.1, 0.15) is 37.7 Å². The molecule has 132 valence electrons. The molecule has 2 heterocycles. The Labute approximate surface area is 153 Å². The minimum Gasteiger partial charge on any atom is -0.337 e. The van der Waals surface area contributed by atoms with Crippen molar-refractivity contribution >= 4 is 38.9 Å². The van der Waals surface area contributed by atoms with Gasteiger partial charge >= 0.3 is 0 Å². The summed E-state index contributed by atoms with van der Waals surface area (Å²) >= 11 is 12.3. The summed E-state index contributed by atoms with van der Waals surface area (Å²) in [5.41, 5.74) is 0.799. The lowest BCUT2D eigenvalue weighted by Crippen LogP contribution is -2.49. The Balaban J connectivity index is 1.67. The summed E-state index contributed by atoms with van der Waals surface area (Å²) in [6, 6.07) is 5.44. The number of halogens is 2. The molecule has 1 amide bonds. The molecule has 2 atom stereocenters. The fourth-order valence-electron chi connectivity index (χ4n) is 4.02. The lowest BCUT2D eigenvalue weighted by Gasteiger charge is -2.38. The molecule has 7 heteroatoms. The van der Waals surface area contributed by atoms with Gasteiger partial charge in [0.25, 0.3) is 0 Å². The van der Waals surface area contributed by atoms with Gasteiger partial charge in [-0.2, -0.15) is 0 Å². The number of fused-ring (bicyclic) bond motifs is 2. The standard InChI is InChI=1S/C17H21Cl2NO3S/c1-24(22,23)13-9-11-5-6-12(10-13)20(11)17(21)8-7-14-15(18)3-2-4-16(14)19/h2-4,11-13H,5-10H2,1H3. The van der Waals surface area contributed by atoms with Gasteiger partial charge in [-0.05, 0) is 49.8 Å². The average Bonchev–Trinajstić information content (AvgIpc) is 2.75. The second-order valence-corrected chi connectivity index (χ2v) is 9.95. The Morgan fingerprint density at radius 2 is 1.71 bits per heavy atom. The maximum atomic E-state index is 12.7. The van der Waals surface area contributed by atoms with E-state index in [-0.39, 0.29) is 23.2 Å². The second-order valence-electron chi connectivity index (χ2n) is 6.81. The van der Waals surface area contributed by atoms with Crippen molar-refractivity contribution in [1.29, 1.82) is 0 Å². The molecule has 1 aromatic rings. The number of carbonyl (C=O) groups excluding carboxylic acids is 1. The van der Waals surface area contributed by atoms with Gasteiger partial charge in [0.05, 0.1) is 5.25 Å². The molecule has 2 saturated heterocycles. The highest BCUT2D eigenvalue weighted by Gasteiger charge is 2.45. The number of nitrogens with zero attached hydrogens (tertiary/aromatic N) is 1. The Bertz CT molecular complexity index is 716. The monoisotopic (exact) mass is 389 g/mol. The van der Waals surface area contributed by atoms with Crippen molar-refractivity contribution in [2.45, 2.75) is 55.9 Å². The van der Waals surface area contributed by atoms with Gasteiger partial charge in [-0.3, -0.25) is 4.79 Å². The van der Waals surface area contributed by atoms with Gasteiger partial charge in [0.15, 0.2) is 0 Å². The van der Waals surface area contributed by atoms with Crippen LogP contribution >= 0.6 is 23.2 Å². The Morgan fingerprint density at radius 1 is 1.17 bits per heavy atom. The van der Waals surface area contributed by atoms with Crippen LogP contribution in [0.2, 0.25) is 10.0 Å². The van der Waals surface area contributed by atoms with E-state index in [1.807, 2.05) is 4.90 Å². The van der Waals surface area contributed by atoms with E-state index in [0.29, 0.717) is 35.7 Å². The lowest BCUT2D eigenvalue weighted by atomic mass is 10.0. The molecule has 2 unspecified atom stereocenters. The Morgan fingerprint density at radius 3 is 2.21 bits per heavy atom. The zero-order chi connectivity index (χ0) is 17.5. The molecule has 1 aromatic carbocycles. The number of benzene rings is 1. The zero-order valence-corrected chi connectivity index (χ0v) is 15.9. The second kappa shape index (κ2) is 6.85. The lowest BCUT2D eigenvalue weighted by molar-refractivity contribution is -0.135. The molecule has 24 heavy (non-hydrogen) atoms. The molecule has 0 aliphatic carbocycles. The summed E-state index contributed by atoms with van der Waals surface area (Å²) in [6.45, 7) is 0. The molecule has 2 bridgehead atoms. The molecule has 2 aliphatic heterocycles. The van der Waals surface area contributed by atoms with E-state index in [4.69, 9.17) is 23.2 Å². The van der Waals surface area contributed by atoms with E-state index in [1.165, 1.54) is 6.26 Å². The summed E-state index contributed by atoms with van der Waals surface area (Å²) in [4.78, 5) is 14.6. The normalized spacial score (nSPS) is 26.6. The Kier molecular flexibility index (Phi) is 5.14. The number of carbonyl (C=O) groups is 1. The van der Waals surface area contributed by atoms with Gasteiger partial charge in [-0.25, -0.2) is 8.42 Å². The van der Waals surface area contributed by atoms with Crippen LogP contribution in [-0.4, -0.2) is 42.8 Å². The van der Waals surface area contributed by atoms with Crippen LogP contribution in [0, 0.1) is 0 Å². The summed E-state index contributed by atoms with van der Waals surface area (Å²) < 4.78 is 23.7. The fourth-order valence-corrected chi connectivity index (χ4v) is 5.75. The van der Waals surface area contributed by atoms with Crippen LogP contribution in [-0.2, 0) is 21.1 Å². The predicted octanol–water partition coefficient (Wildman–Crippen LogP) is 3.49. The smallest absolute Gasteiger partial charge is 0.223 e. The summed E-state index contributed by atoms with van der Waals surface area (Å²) in [5, 5.41) is 0.847. The first-order valence-corrected chi connectivity index (χ1v) is 10.9. The third kappa shape index (κ3) is 3.58. The third-order valence-electron chi connectivity index (χ3n) is 5.23. The number of hydrogen-bond donors (Lipinski definition) is 0. The number of sulfone groups is 1. The van der Waals surface area contributed by atoms with E-state index >= 15 is 0 Å². The van der Waals surface area contributed by atoms with Crippen molar-refractivity contribution in [3.05, 3.63) is 33.8 Å². The van der Waals surface area contributed by atoms with Crippen LogP contribution in [0.4, 0.5) is 0 Å². The van der Waals surface area contributed by atoms with Gasteiger partial charge in [-0.1, -0.05) is 29.3 Å². The average molecular weight is 390 g/mol. The van der Waals surface area contributed by atoms with Crippen LogP contribution in [0.15, 0.2) is 18.2 Å². The molecular formula is C17H21Cl2NO3S. The zero-order valence-electron chi connectivity index (χ0n) is 13.5. The van der Waals surface area contributed by atoms with E-state index in [1.54, 1.807) is 18.2 Å². The molecule has 2 aliphatic rings. The van der Waals surface area contributed by atoms with E-state index in [0.717, 1.165) is 18.4 Å². The molecule has 0 spiro atoms. The van der Waals surface area contributed by atoms with Crippen LogP contribution in [0.5, 0.6) is 0 Å². The largest absolute Gasteiger partial charge is 0.337 e. The number of rotatable bonds is 4. The summed E-state index contributed by atoms with van der Waals surface area (Å²) in [5.74, 6) is 0.0745. The molecule has 0 aromatic heterocycles. The highest BCUT2D eigenvalue weighted by atomic mass is 35.5. The SMILES string of the molecule is CS(=O)(=O)C1CC2CCC(C1)N2C(=O)CCc1c(Cl)cccc1Cl. The van der Waals surface area contributed by atoms with Crippen LogP contribution in [0.3, 0.4) is 0 Å². The minimum atomic E-state index is -3.04. The minimum absolute atomic E-state index is 0.0534. The first-order chi connectivity index (χ1) is 11.3. The van der Waals surface area contributed by atoms with Crippen molar-refractivity contribution in [3.8, 4) is 0 Å². The van der Waals surface area contributed by atoms with E-state index in [9.17, 15) is 13.2 Å². The van der Waals surface area contributed by atoms with Gasteiger partial charge in [0.2, 0.25) is 5.91 Å². The van der Waals surface area contributed by atoms with Gasteiger partial charge in [-0.15, -0.1) is 0 Å². The summed E-state index contributed by atoms with van der Waals surface area (Å²) in [7, 11) is -3.04. The van der Waals surface area contributed by atoms with Crippen molar-refractivity contribution in [1.82, 2.24) is 4.90 Å². The molecule has 0 N–H and O–H groups in total. The molecule has 2 fully saturated rings. The van der Waals surface area contributed by atoms with Crippen molar-refractivity contribution in [3.63, 3.8) is 0 Å². The molecular weight excluding hydrogens is 369 g/mol. The number of hydrogen-bond acceptors (Lipinski definition) is 3. The van der Waals surface area contributed by atoms with E-state index in [2.05, 4.69) is 0 Å². The fraction of sp³-hybridized carbons (Fsp3) is 0.588. The van der Waals surface area contributed by atoms with Gasteiger partial charge < -0.3 is 4.90 Å². The number of piperidine rings is 1. The van der Waals surface area contributed by atoms with Crippen LogP contribution in [0.25, 0.3) is 0 Å². The van der Waals surface area contributed by atoms with E-state index < -0.39 is 9.84 Å².